The third kappa shape index (κ3) is 11.4. The van der Waals surface area contributed by atoms with Crippen molar-refractivity contribution in [2.75, 3.05) is 0 Å². The average molecular weight is 331 g/mol. The van der Waals surface area contributed by atoms with Crippen molar-refractivity contribution in [3.05, 3.63) is 0 Å². The third-order valence-corrected chi connectivity index (χ3v) is 3.34. The number of aliphatic carboxylic acids is 1. The monoisotopic (exact) mass is 331 g/mol. The van der Waals surface area contributed by atoms with Gasteiger partial charge in [-0.2, -0.15) is 0 Å². The van der Waals surface area contributed by atoms with E-state index in [9.17, 15) is 14.4 Å². The van der Waals surface area contributed by atoms with Crippen LogP contribution in [-0.4, -0.2) is 35.5 Å². The number of ether oxygens (including phenoxy) is 2. The van der Waals surface area contributed by atoms with Gasteiger partial charge in [-0.25, -0.2) is 4.79 Å². The number of esters is 1. The molecule has 0 rings (SSSR count). The minimum absolute atomic E-state index is 0.172. The van der Waals surface area contributed by atoms with Crippen LogP contribution in [0.15, 0.2) is 0 Å². The lowest BCUT2D eigenvalue weighted by molar-refractivity contribution is -0.164. The zero-order valence-electron chi connectivity index (χ0n) is 14.5. The van der Waals surface area contributed by atoms with Crippen molar-refractivity contribution < 1.29 is 29.0 Å². The van der Waals surface area contributed by atoms with Gasteiger partial charge < -0.3 is 19.9 Å². The first-order valence-corrected chi connectivity index (χ1v) is 8.16. The van der Waals surface area contributed by atoms with Gasteiger partial charge in [-0.05, 0) is 12.3 Å². The van der Waals surface area contributed by atoms with Gasteiger partial charge in [-0.15, -0.1) is 0 Å². The van der Waals surface area contributed by atoms with Crippen LogP contribution in [0, 0.1) is 5.92 Å². The molecule has 0 unspecified atom stereocenters. The number of nitrogens with one attached hydrogen (secondary N) is 1. The Kier molecular flexibility index (Phi) is 10.8. The van der Waals surface area contributed by atoms with E-state index in [2.05, 4.69) is 12.2 Å². The van der Waals surface area contributed by atoms with Crippen molar-refractivity contribution in [3.63, 3.8) is 0 Å². The fourth-order valence-corrected chi connectivity index (χ4v) is 2.20. The molecule has 0 bridgehead atoms. The summed E-state index contributed by atoms with van der Waals surface area (Å²) in [6, 6.07) is -0.513. The van der Waals surface area contributed by atoms with Gasteiger partial charge in [0.15, 0.2) is 0 Å². The van der Waals surface area contributed by atoms with Gasteiger partial charge in [0.2, 0.25) is 6.29 Å². The zero-order chi connectivity index (χ0) is 17.8. The van der Waals surface area contributed by atoms with E-state index in [1.165, 1.54) is 6.92 Å². The fraction of sp³-hybridized carbons (Fsp3) is 0.812. The first-order valence-electron chi connectivity index (χ1n) is 8.16. The Labute approximate surface area is 137 Å². The molecule has 3 atom stereocenters. The second kappa shape index (κ2) is 11.7. The average Bonchev–Trinajstić information content (AvgIpc) is 2.43. The molecule has 0 aliphatic rings. The van der Waals surface area contributed by atoms with Gasteiger partial charge in [0.25, 0.3) is 0 Å². The zero-order valence-corrected chi connectivity index (χ0v) is 14.5. The largest absolute Gasteiger partial charge is 0.481 e. The molecule has 7 heteroatoms. The molecule has 0 heterocycles. The van der Waals surface area contributed by atoms with Crippen LogP contribution in [0.4, 0.5) is 4.79 Å². The normalized spacial score (nSPS) is 14.4. The smallest absolute Gasteiger partial charge is 0.410 e. The first kappa shape index (κ1) is 21.2. The van der Waals surface area contributed by atoms with Crippen LogP contribution in [-0.2, 0) is 19.1 Å². The van der Waals surface area contributed by atoms with Crippen molar-refractivity contribution >= 4 is 18.0 Å². The van der Waals surface area contributed by atoms with E-state index in [1.807, 2.05) is 6.92 Å². The highest BCUT2D eigenvalue weighted by Gasteiger charge is 2.21. The Morgan fingerprint density at radius 1 is 1.13 bits per heavy atom. The molecule has 0 aromatic rings. The number of carbonyl (C=O) groups excluding carboxylic acids is 2. The maximum absolute atomic E-state index is 11.8. The molecule has 0 aliphatic carbocycles. The minimum Gasteiger partial charge on any atom is -0.481 e. The summed E-state index contributed by atoms with van der Waals surface area (Å²) < 4.78 is 9.74. The Balaban J connectivity index is 4.42. The lowest BCUT2D eigenvalue weighted by Crippen LogP contribution is -2.39. The van der Waals surface area contributed by atoms with Gasteiger partial charge >= 0.3 is 18.0 Å². The van der Waals surface area contributed by atoms with Crippen LogP contribution in [0.5, 0.6) is 0 Å². The van der Waals surface area contributed by atoms with Crippen molar-refractivity contribution in [1.29, 1.82) is 0 Å². The summed E-state index contributed by atoms with van der Waals surface area (Å²) >= 11 is 0. The predicted octanol–water partition coefficient (Wildman–Crippen LogP) is 3.07. The van der Waals surface area contributed by atoms with Crippen LogP contribution in [0.25, 0.3) is 0 Å². The number of carboxylic acid groups (broad SMARTS) is 1. The number of amides is 1. The van der Waals surface area contributed by atoms with E-state index < -0.39 is 30.4 Å². The highest BCUT2D eigenvalue weighted by Crippen LogP contribution is 2.16. The molecule has 134 valence electrons. The van der Waals surface area contributed by atoms with E-state index >= 15 is 0 Å². The molecular weight excluding hydrogens is 302 g/mol. The molecule has 0 saturated heterocycles. The number of alkyl carbamates (subject to hydrolysis) is 1. The van der Waals surface area contributed by atoms with Gasteiger partial charge in [0, 0.05) is 19.4 Å². The summed E-state index contributed by atoms with van der Waals surface area (Å²) in [4.78, 5) is 33.8. The number of carboxylic acids is 1. The van der Waals surface area contributed by atoms with E-state index in [0.29, 0.717) is 12.3 Å². The Hall–Kier alpha value is -1.79. The summed E-state index contributed by atoms with van der Waals surface area (Å²) in [5, 5.41) is 11.5. The van der Waals surface area contributed by atoms with E-state index in [-0.39, 0.29) is 12.8 Å². The highest BCUT2D eigenvalue weighted by molar-refractivity contribution is 5.72. The summed E-state index contributed by atoms with van der Waals surface area (Å²) in [5.41, 5.74) is 0. The molecule has 0 aromatic carbocycles. The minimum atomic E-state index is -1.01. The maximum atomic E-state index is 11.8. The maximum Gasteiger partial charge on any atom is 0.410 e. The predicted molar refractivity (Wildman–Crippen MR) is 84.8 cm³/mol. The molecule has 0 saturated carbocycles. The molecule has 0 fully saturated rings. The van der Waals surface area contributed by atoms with Crippen LogP contribution >= 0.6 is 0 Å². The van der Waals surface area contributed by atoms with Gasteiger partial charge in [-0.3, -0.25) is 9.59 Å². The molecule has 0 spiro atoms. The SMILES string of the molecule is CCCC[C@@H](C)C[C@@H](CC(=O)O)NC(=O)O[C@H](C)OC(=O)CC. The molecule has 7 nitrogen and oxygen atoms in total. The number of carbonyl (C=O) groups is 3. The number of unbranched alkanes of at least 4 members (excludes halogenated alkanes) is 1. The van der Waals surface area contributed by atoms with Crippen molar-refractivity contribution in [2.45, 2.75) is 78.6 Å². The molecule has 1 amide bonds. The first-order chi connectivity index (χ1) is 10.8. The summed E-state index contributed by atoms with van der Waals surface area (Å²) in [6.45, 7) is 7.19. The standard InChI is InChI=1S/C16H29NO6/c1-5-7-8-11(3)9-13(10-14(18)19)17-16(21)23-12(4)22-15(20)6-2/h11-13H,5-10H2,1-4H3,(H,17,21)(H,18,19)/t11-,12-,13+/m1/s1. The van der Waals surface area contributed by atoms with Crippen LogP contribution in [0.2, 0.25) is 0 Å². The Bertz CT molecular complexity index is 385. The summed E-state index contributed by atoms with van der Waals surface area (Å²) in [7, 11) is 0. The molecule has 0 aromatic heterocycles. The van der Waals surface area contributed by atoms with E-state index in [0.717, 1.165) is 19.3 Å². The van der Waals surface area contributed by atoms with Crippen molar-refractivity contribution in [1.82, 2.24) is 5.32 Å². The summed E-state index contributed by atoms with van der Waals surface area (Å²) in [5.74, 6) is -1.15. The van der Waals surface area contributed by atoms with Gasteiger partial charge in [0.05, 0.1) is 6.42 Å². The van der Waals surface area contributed by atoms with Gasteiger partial charge in [-0.1, -0.05) is 40.0 Å². The van der Waals surface area contributed by atoms with Crippen molar-refractivity contribution in [3.8, 4) is 0 Å². The number of hydrogen-bond donors (Lipinski definition) is 2. The number of rotatable bonds is 11. The Morgan fingerprint density at radius 2 is 1.78 bits per heavy atom. The van der Waals surface area contributed by atoms with Crippen LogP contribution in [0.1, 0.15) is 66.2 Å². The Morgan fingerprint density at radius 3 is 2.30 bits per heavy atom. The molecule has 23 heavy (non-hydrogen) atoms. The van der Waals surface area contributed by atoms with Crippen LogP contribution < -0.4 is 5.32 Å². The molecule has 2 N–H and O–H groups in total. The van der Waals surface area contributed by atoms with E-state index in [1.54, 1.807) is 6.92 Å². The fourth-order valence-electron chi connectivity index (χ4n) is 2.20. The topological polar surface area (TPSA) is 102 Å². The highest BCUT2D eigenvalue weighted by atomic mass is 16.7. The van der Waals surface area contributed by atoms with Gasteiger partial charge in [0.1, 0.15) is 0 Å². The third-order valence-electron chi connectivity index (χ3n) is 3.34. The number of hydrogen-bond acceptors (Lipinski definition) is 5. The van der Waals surface area contributed by atoms with Crippen molar-refractivity contribution in [2.24, 2.45) is 5.92 Å². The lowest BCUT2D eigenvalue weighted by atomic mass is 9.95. The second-order valence-electron chi connectivity index (χ2n) is 5.74. The summed E-state index contributed by atoms with van der Waals surface area (Å²) in [6.07, 6.45) is 1.90. The van der Waals surface area contributed by atoms with E-state index in [4.69, 9.17) is 14.6 Å². The molecule has 0 radical (unpaired) electrons. The quantitative estimate of drug-likeness (QED) is 0.445. The van der Waals surface area contributed by atoms with Crippen LogP contribution in [0.3, 0.4) is 0 Å². The molecular formula is C16H29NO6. The second-order valence-corrected chi connectivity index (χ2v) is 5.74. The lowest BCUT2D eigenvalue weighted by Gasteiger charge is -2.22. The molecule has 0 aliphatic heterocycles.